The summed E-state index contributed by atoms with van der Waals surface area (Å²) < 4.78 is 13.1. The van der Waals surface area contributed by atoms with Gasteiger partial charge in [-0.3, -0.25) is 9.55 Å². The molecule has 4 aromatic rings. The van der Waals surface area contributed by atoms with Crippen LogP contribution in [0.2, 0.25) is 0 Å². The van der Waals surface area contributed by atoms with Crippen molar-refractivity contribution in [3.63, 3.8) is 0 Å². The Morgan fingerprint density at radius 3 is 1.92 bits per heavy atom. The van der Waals surface area contributed by atoms with E-state index in [1.807, 2.05) is 54.6 Å². The van der Waals surface area contributed by atoms with Crippen LogP contribution in [0.25, 0.3) is 0 Å². The van der Waals surface area contributed by atoms with Crippen molar-refractivity contribution in [1.29, 1.82) is 0 Å². The van der Waals surface area contributed by atoms with E-state index >= 15 is 0 Å². The molecule has 2 heterocycles. The molecule has 9 heteroatoms. The second-order valence-electron chi connectivity index (χ2n) is 8.95. The number of anilines is 1. The zero-order chi connectivity index (χ0) is 26.9. The first-order chi connectivity index (χ1) is 18.5. The van der Waals surface area contributed by atoms with Crippen molar-refractivity contribution in [1.82, 2.24) is 19.1 Å². The van der Waals surface area contributed by atoms with Crippen LogP contribution in [0.5, 0.6) is 11.5 Å². The van der Waals surface area contributed by atoms with E-state index < -0.39 is 11.4 Å². The topological polar surface area (TPSA) is 100 Å². The molecule has 0 aliphatic heterocycles. The highest BCUT2D eigenvalue weighted by Gasteiger charge is 2.15. The maximum absolute atomic E-state index is 13.6. The van der Waals surface area contributed by atoms with E-state index in [0.29, 0.717) is 12.3 Å². The number of rotatable bonds is 12. The first kappa shape index (κ1) is 26.7. The highest BCUT2D eigenvalue weighted by Crippen LogP contribution is 2.14. The Morgan fingerprint density at radius 2 is 1.34 bits per heavy atom. The number of hydrogen-bond donors (Lipinski definition) is 1. The van der Waals surface area contributed by atoms with Crippen molar-refractivity contribution in [2.24, 2.45) is 0 Å². The molecule has 0 saturated heterocycles. The maximum Gasteiger partial charge on any atom is 0.355 e. The molecule has 38 heavy (non-hydrogen) atoms. The van der Waals surface area contributed by atoms with Gasteiger partial charge in [0.05, 0.1) is 39.5 Å². The highest BCUT2D eigenvalue weighted by molar-refractivity contribution is 5.31. The quantitative estimate of drug-likeness (QED) is 0.306. The number of hydrogen-bond acceptors (Lipinski definition) is 7. The SMILES string of the molecule is CCCCc1cccc(CNc2nc(=O)n(Cc3ccc(OC)cc3)c(=O)n2Cc2ccc(OC)cc2)n1. The van der Waals surface area contributed by atoms with E-state index in [1.165, 1.54) is 4.57 Å². The van der Waals surface area contributed by atoms with Crippen LogP contribution in [0.4, 0.5) is 5.95 Å². The molecule has 0 saturated carbocycles. The van der Waals surface area contributed by atoms with Gasteiger partial charge in [0.1, 0.15) is 11.5 Å². The fraction of sp³-hybridized carbons (Fsp3) is 0.310. The fourth-order valence-electron chi connectivity index (χ4n) is 4.06. The molecule has 2 aromatic carbocycles. The van der Waals surface area contributed by atoms with Gasteiger partial charge in [0.15, 0.2) is 0 Å². The van der Waals surface area contributed by atoms with E-state index in [0.717, 1.165) is 52.1 Å². The van der Waals surface area contributed by atoms with Gasteiger partial charge >= 0.3 is 11.4 Å². The number of nitrogens with zero attached hydrogens (tertiary/aromatic N) is 4. The largest absolute Gasteiger partial charge is 0.497 e. The molecule has 0 amide bonds. The van der Waals surface area contributed by atoms with Crippen molar-refractivity contribution < 1.29 is 9.47 Å². The van der Waals surface area contributed by atoms with E-state index in [9.17, 15) is 9.59 Å². The van der Waals surface area contributed by atoms with Gasteiger partial charge in [-0.15, -0.1) is 0 Å². The third-order valence-corrected chi connectivity index (χ3v) is 6.23. The molecular weight excluding hydrogens is 482 g/mol. The molecule has 0 unspecified atom stereocenters. The zero-order valence-corrected chi connectivity index (χ0v) is 22.0. The van der Waals surface area contributed by atoms with Crippen LogP contribution in [-0.2, 0) is 26.1 Å². The van der Waals surface area contributed by atoms with Gasteiger partial charge in [0.2, 0.25) is 5.95 Å². The standard InChI is InChI=1S/C29H33N5O4/c1-4-5-7-23-8-6-9-24(31-23)18-30-27-32-28(35)34(20-22-12-16-26(38-3)17-13-22)29(36)33(27)19-21-10-14-25(37-2)15-11-21/h6,8-17H,4-5,7,18-20H2,1-3H3,(H,30,32,35). The molecule has 0 bridgehead atoms. The summed E-state index contributed by atoms with van der Waals surface area (Å²) >= 11 is 0. The smallest absolute Gasteiger partial charge is 0.355 e. The first-order valence-electron chi connectivity index (χ1n) is 12.7. The Morgan fingerprint density at radius 1 is 0.763 bits per heavy atom. The van der Waals surface area contributed by atoms with Crippen LogP contribution in [0.15, 0.2) is 76.3 Å². The number of methoxy groups -OCH3 is 2. The van der Waals surface area contributed by atoms with Gasteiger partial charge in [-0.1, -0.05) is 43.7 Å². The van der Waals surface area contributed by atoms with Crippen molar-refractivity contribution in [3.05, 3.63) is 110 Å². The van der Waals surface area contributed by atoms with Crippen LogP contribution in [0.3, 0.4) is 0 Å². The average molecular weight is 516 g/mol. The summed E-state index contributed by atoms with van der Waals surface area (Å²) in [6.45, 7) is 2.80. The second-order valence-corrected chi connectivity index (χ2v) is 8.95. The highest BCUT2D eigenvalue weighted by atomic mass is 16.5. The Balaban J connectivity index is 1.66. The third-order valence-electron chi connectivity index (χ3n) is 6.23. The summed E-state index contributed by atoms with van der Waals surface area (Å²) in [5, 5.41) is 3.18. The van der Waals surface area contributed by atoms with Gasteiger partial charge in [-0.2, -0.15) is 4.98 Å². The van der Waals surface area contributed by atoms with E-state index in [2.05, 4.69) is 17.2 Å². The lowest BCUT2D eigenvalue weighted by atomic mass is 10.2. The summed E-state index contributed by atoms with van der Waals surface area (Å²) in [4.78, 5) is 35.6. The minimum Gasteiger partial charge on any atom is -0.497 e. The second kappa shape index (κ2) is 12.7. The Kier molecular flexibility index (Phi) is 8.92. The summed E-state index contributed by atoms with van der Waals surface area (Å²) in [6.07, 6.45) is 3.07. The fourth-order valence-corrected chi connectivity index (χ4v) is 4.06. The van der Waals surface area contributed by atoms with Crippen LogP contribution in [-0.4, -0.2) is 33.3 Å². The van der Waals surface area contributed by atoms with E-state index in [4.69, 9.17) is 14.5 Å². The summed E-state index contributed by atoms with van der Waals surface area (Å²) in [5.74, 6) is 1.61. The lowest BCUT2D eigenvalue weighted by molar-refractivity contribution is 0.414. The molecular formula is C29H33N5O4. The normalized spacial score (nSPS) is 10.8. The minimum absolute atomic E-state index is 0.0958. The van der Waals surface area contributed by atoms with Crippen LogP contribution in [0.1, 0.15) is 42.3 Å². The molecule has 4 rings (SSSR count). The third kappa shape index (κ3) is 6.67. The monoisotopic (exact) mass is 515 g/mol. The van der Waals surface area contributed by atoms with E-state index in [1.54, 1.807) is 26.4 Å². The number of pyridine rings is 1. The predicted molar refractivity (Wildman–Crippen MR) is 147 cm³/mol. The van der Waals surface area contributed by atoms with Crippen LogP contribution >= 0.6 is 0 Å². The summed E-state index contributed by atoms with van der Waals surface area (Å²) in [6, 6.07) is 20.6. The summed E-state index contributed by atoms with van der Waals surface area (Å²) in [7, 11) is 3.19. The molecule has 9 nitrogen and oxygen atoms in total. The zero-order valence-electron chi connectivity index (χ0n) is 22.0. The number of unbranched alkanes of at least 4 members (excludes halogenated alkanes) is 1. The summed E-state index contributed by atoms with van der Waals surface area (Å²) in [5.41, 5.74) is 2.41. The Labute approximate surface area is 221 Å². The molecule has 0 fully saturated rings. The van der Waals surface area contributed by atoms with Crippen molar-refractivity contribution in [3.8, 4) is 11.5 Å². The number of ether oxygens (including phenoxy) is 2. The molecule has 1 N–H and O–H groups in total. The van der Waals surface area contributed by atoms with Gasteiger partial charge in [-0.25, -0.2) is 14.2 Å². The molecule has 0 spiro atoms. The first-order valence-corrected chi connectivity index (χ1v) is 12.7. The Bertz CT molecular complexity index is 1460. The molecule has 0 atom stereocenters. The van der Waals surface area contributed by atoms with Gasteiger partial charge in [0, 0.05) is 5.69 Å². The molecule has 0 radical (unpaired) electrons. The molecule has 198 valence electrons. The molecule has 0 aliphatic carbocycles. The number of aryl methyl sites for hydroxylation is 1. The lowest BCUT2D eigenvalue weighted by Crippen LogP contribution is -2.43. The number of benzene rings is 2. The predicted octanol–water partition coefficient (Wildman–Crippen LogP) is 3.87. The Hall–Kier alpha value is -4.40. The van der Waals surface area contributed by atoms with Crippen LogP contribution in [0, 0.1) is 0 Å². The molecule has 2 aromatic heterocycles. The van der Waals surface area contributed by atoms with Gasteiger partial charge in [0.25, 0.3) is 0 Å². The van der Waals surface area contributed by atoms with Gasteiger partial charge < -0.3 is 14.8 Å². The lowest BCUT2D eigenvalue weighted by Gasteiger charge is -2.16. The number of nitrogens with one attached hydrogen (secondary N) is 1. The van der Waals surface area contributed by atoms with Crippen LogP contribution < -0.4 is 26.2 Å². The average Bonchev–Trinajstić information content (AvgIpc) is 2.95. The minimum atomic E-state index is -0.621. The number of aromatic nitrogens is 4. The van der Waals surface area contributed by atoms with Crippen molar-refractivity contribution in [2.45, 2.75) is 45.8 Å². The van der Waals surface area contributed by atoms with Crippen molar-refractivity contribution in [2.75, 3.05) is 19.5 Å². The molecule has 0 aliphatic rings. The maximum atomic E-state index is 13.6. The van der Waals surface area contributed by atoms with Gasteiger partial charge in [-0.05, 0) is 60.4 Å². The van der Waals surface area contributed by atoms with E-state index in [-0.39, 0.29) is 19.0 Å². The van der Waals surface area contributed by atoms with Crippen molar-refractivity contribution >= 4 is 5.95 Å².